The molecule has 0 amide bonds. The fourth-order valence-electron chi connectivity index (χ4n) is 2.16. The van der Waals surface area contributed by atoms with Gasteiger partial charge in [0.15, 0.2) is 5.78 Å². The number of ketones is 1. The van der Waals surface area contributed by atoms with Crippen molar-refractivity contribution in [2.75, 3.05) is 6.61 Å². The van der Waals surface area contributed by atoms with Crippen LogP contribution >= 0.6 is 0 Å². The number of hydrogen-bond donors (Lipinski definition) is 0. The summed E-state index contributed by atoms with van der Waals surface area (Å²) in [5, 5.41) is 0. The molecule has 13 heavy (non-hydrogen) atoms. The lowest BCUT2D eigenvalue weighted by atomic mass is 9.91. The van der Waals surface area contributed by atoms with Crippen molar-refractivity contribution in [3.63, 3.8) is 0 Å². The highest BCUT2D eigenvalue weighted by Gasteiger charge is 2.39. The number of Topliss-reactive ketones (excluding diaryl/α,β-unsaturated/α-hetero) is 1. The number of hydrogen-bond acceptors (Lipinski definition) is 3. The molecule has 72 valence electrons. The molecule has 0 unspecified atom stereocenters. The molecule has 2 aliphatic rings. The van der Waals surface area contributed by atoms with Gasteiger partial charge in [0.25, 0.3) is 0 Å². The first-order chi connectivity index (χ1) is 6.20. The molecule has 0 radical (unpaired) electrons. The Morgan fingerprint density at radius 3 is 3.00 bits per heavy atom. The highest BCUT2D eigenvalue weighted by Crippen LogP contribution is 2.37. The maximum atomic E-state index is 11.3. The third-order valence-corrected chi connectivity index (χ3v) is 2.69. The summed E-state index contributed by atoms with van der Waals surface area (Å²) in [5.74, 6) is 1.06. The zero-order valence-electron chi connectivity index (χ0n) is 8.00. The van der Waals surface area contributed by atoms with Crippen LogP contribution in [0.15, 0.2) is 11.3 Å². The second kappa shape index (κ2) is 3.14. The number of fused-ring (bicyclic) bond motifs is 1. The minimum atomic E-state index is -0.187. The second-order valence-electron chi connectivity index (χ2n) is 3.63. The molecule has 1 fully saturated rings. The highest BCUT2D eigenvalue weighted by atomic mass is 16.7. The molecule has 3 heteroatoms. The molecule has 0 aliphatic carbocycles. The van der Waals surface area contributed by atoms with Crippen LogP contribution in [0, 0.1) is 5.92 Å². The molecule has 0 aromatic rings. The lowest BCUT2D eigenvalue weighted by Gasteiger charge is -2.25. The highest BCUT2D eigenvalue weighted by molar-refractivity contribution is 5.94. The molecule has 3 nitrogen and oxygen atoms in total. The predicted octanol–water partition coefficient (Wildman–Crippen LogP) is 1.63. The number of carbonyl (C=O) groups is 1. The van der Waals surface area contributed by atoms with E-state index < -0.39 is 0 Å². The molecule has 2 rings (SSSR count). The quantitative estimate of drug-likeness (QED) is 0.618. The van der Waals surface area contributed by atoms with E-state index in [-0.39, 0.29) is 18.0 Å². The smallest absolute Gasteiger partial charge is 0.206 e. The first kappa shape index (κ1) is 8.75. The summed E-state index contributed by atoms with van der Waals surface area (Å²) < 4.78 is 10.9. The summed E-state index contributed by atoms with van der Waals surface area (Å²) in [4.78, 5) is 11.3. The van der Waals surface area contributed by atoms with Gasteiger partial charge in [-0.3, -0.25) is 4.79 Å². The monoisotopic (exact) mass is 182 g/mol. The van der Waals surface area contributed by atoms with Crippen LogP contribution in [0.3, 0.4) is 0 Å². The first-order valence-corrected chi connectivity index (χ1v) is 4.70. The van der Waals surface area contributed by atoms with Crippen LogP contribution in [0.2, 0.25) is 0 Å². The third-order valence-electron chi connectivity index (χ3n) is 2.69. The molecule has 0 spiro atoms. The van der Waals surface area contributed by atoms with Gasteiger partial charge in [-0.15, -0.1) is 0 Å². The Labute approximate surface area is 77.7 Å². The van der Waals surface area contributed by atoms with E-state index in [0.29, 0.717) is 0 Å². The van der Waals surface area contributed by atoms with Crippen molar-refractivity contribution < 1.29 is 14.3 Å². The molecule has 0 aromatic carbocycles. The number of ether oxygens (including phenoxy) is 2. The summed E-state index contributed by atoms with van der Waals surface area (Å²) in [5.41, 5.74) is 0.838. The molecular formula is C10H14O3. The van der Waals surface area contributed by atoms with Gasteiger partial charge >= 0.3 is 0 Å². The summed E-state index contributed by atoms with van der Waals surface area (Å²) in [6, 6.07) is 0. The topological polar surface area (TPSA) is 35.5 Å². The van der Waals surface area contributed by atoms with Gasteiger partial charge in [-0.2, -0.15) is 0 Å². The average Bonchev–Trinajstić information content (AvgIpc) is 2.39. The Morgan fingerprint density at radius 1 is 1.54 bits per heavy atom. The zero-order chi connectivity index (χ0) is 9.42. The maximum Gasteiger partial charge on any atom is 0.206 e. The van der Waals surface area contributed by atoms with Crippen molar-refractivity contribution in [2.45, 2.75) is 33.0 Å². The fraction of sp³-hybridized carbons (Fsp3) is 0.700. The van der Waals surface area contributed by atoms with E-state index >= 15 is 0 Å². The van der Waals surface area contributed by atoms with Crippen LogP contribution in [0.25, 0.3) is 0 Å². The fourth-order valence-corrected chi connectivity index (χ4v) is 2.16. The van der Waals surface area contributed by atoms with Crippen LogP contribution in [-0.2, 0) is 14.3 Å². The summed E-state index contributed by atoms with van der Waals surface area (Å²) in [6.07, 6.45) is 1.85. The standard InChI is InChI=1S/C10H14O3/c1-6(11)9-7(2)13-10-8(9)4-3-5-12-10/h8,10H,3-5H2,1-2H3/t8-,10+/m1/s1. The molecule has 0 saturated carbocycles. The van der Waals surface area contributed by atoms with Gasteiger partial charge in [-0.25, -0.2) is 0 Å². The van der Waals surface area contributed by atoms with Crippen LogP contribution in [-0.4, -0.2) is 18.7 Å². The summed E-state index contributed by atoms with van der Waals surface area (Å²) in [6.45, 7) is 4.19. The molecule has 0 aromatic heterocycles. The number of carbonyl (C=O) groups excluding carboxylic acids is 1. The van der Waals surface area contributed by atoms with Gasteiger partial charge < -0.3 is 9.47 Å². The minimum Gasteiger partial charge on any atom is -0.468 e. The largest absolute Gasteiger partial charge is 0.468 e. The van der Waals surface area contributed by atoms with Crippen molar-refractivity contribution in [1.82, 2.24) is 0 Å². The third kappa shape index (κ3) is 1.37. The normalized spacial score (nSPS) is 32.8. The van der Waals surface area contributed by atoms with Crippen LogP contribution in [0.1, 0.15) is 26.7 Å². The lowest BCUT2D eigenvalue weighted by Crippen LogP contribution is -2.29. The molecular weight excluding hydrogens is 168 g/mol. The van der Waals surface area contributed by atoms with E-state index in [1.54, 1.807) is 6.92 Å². The van der Waals surface area contributed by atoms with E-state index in [9.17, 15) is 4.79 Å². The molecule has 2 heterocycles. The van der Waals surface area contributed by atoms with Crippen LogP contribution in [0.5, 0.6) is 0 Å². The molecule has 2 aliphatic heterocycles. The molecule has 2 atom stereocenters. The number of rotatable bonds is 1. The predicted molar refractivity (Wildman–Crippen MR) is 46.9 cm³/mol. The second-order valence-corrected chi connectivity index (χ2v) is 3.63. The number of allylic oxidation sites excluding steroid dienone is 1. The molecule has 0 N–H and O–H groups in total. The van der Waals surface area contributed by atoms with Gasteiger partial charge in [-0.05, 0) is 26.7 Å². The van der Waals surface area contributed by atoms with Crippen molar-refractivity contribution >= 4 is 5.78 Å². The summed E-state index contributed by atoms with van der Waals surface area (Å²) >= 11 is 0. The van der Waals surface area contributed by atoms with Gasteiger partial charge in [0.05, 0.1) is 12.5 Å². The van der Waals surface area contributed by atoms with E-state index in [0.717, 1.165) is 30.8 Å². The molecule has 1 saturated heterocycles. The van der Waals surface area contributed by atoms with Gasteiger partial charge in [-0.1, -0.05) is 0 Å². The van der Waals surface area contributed by atoms with Crippen molar-refractivity contribution in [3.05, 3.63) is 11.3 Å². The molecule has 0 bridgehead atoms. The van der Waals surface area contributed by atoms with E-state index in [1.807, 2.05) is 6.92 Å². The zero-order valence-corrected chi connectivity index (χ0v) is 8.00. The average molecular weight is 182 g/mol. The Balaban J connectivity index is 2.24. The SMILES string of the molecule is CC(=O)C1=C(C)O[C@@H]2OCCC[C@H]12. The van der Waals surface area contributed by atoms with Crippen LogP contribution < -0.4 is 0 Å². The van der Waals surface area contributed by atoms with Crippen molar-refractivity contribution in [2.24, 2.45) is 5.92 Å². The van der Waals surface area contributed by atoms with Gasteiger partial charge in [0.1, 0.15) is 5.76 Å². The summed E-state index contributed by atoms with van der Waals surface area (Å²) in [7, 11) is 0. The maximum absolute atomic E-state index is 11.3. The van der Waals surface area contributed by atoms with Crippen LogP contribution in [0.4, 0.5) is 0 Å². The van der Waals surface area contributed by atoms with E-state index in [1.165, 1.54) is 0 Å². The van der Waals surface area contributed by atoms with Crippen molar-refractivity contribution in [3.8, 4) is 0 Å². The van der Waals surface area contributed by atoms with Gasteiger partial charge in [0.2, 0.25) is 6.29 Å². The van der Waals surface area contributed by atoms with Crippen molar-refractivity contribution in [1.29, 1.82) is 0 Å². The lowest BCUT2D eigenvalue weighted by molar-refractivity contribution is -0.145. The van der Waals surface area contributed by atoms with E-state index in [4.69, 9.17) is 9.47 Å². The minimum absolute atomic E-state index is 0.121. The van der Waals surface area contributed by atoms with Gasteiger partial charge in [0, 0.05) is 5.57 Å². The Kier molecular flexibility index (Phi) is 2.12. The Morgan fingerprint density at radius 2 is 2.31 bits per heavy atom. The van der Waals surface area contributed by atoms with E-state index in [2.05, 4.69) is 0 Å². The first-order valence-electron chi connectivity index (χ1n) is 4.70. The Bertz CT molecular complexity index is 267. The Hall–Kier alpha value is -0.830.